The molecule has 0 aliphatic rings. The molecule has 1 amide bonds. The van der Waals surface area contributed by atoms with E-state index in [1.165, 1.54) is 31.4 Å². The van der Waals surface area contributed by atoms with Crippen molar-refractivity contribution in [3.05, 3.63) is 53.1 Å². The molecule has 0 saturated carbocycles. The van der Waals surface area contributed by atoms with Gasteiger partial charge in [-0.25, -0.2) is 0 Å². The summed E-state index contributed by atoms with van der Waals surface area (Å²) < 4.78 is 34.2. The van der Waals surface area contributed by atoms with Crippen LogP contribution in [0.3, 0.4) is 0 Å². The van der Waals surface area contributed by atoms with Crippen molar-refractivity contribution in [1.82, 2.24) is 0 Å². The number of ether oxygens (including phenoxy) is 2. The monoisotopic (exact) mass is 327 g/mol. The fourth-order valence-electron chi connectivity index (χ4n) is 1.82. The van der Waals surface area contributed by atoms with Crippen LogP contribution < -0.4 is 14.8 Å². The molecule has 2 rings (SSSR count). The number of benzene rings is 2. The fourth-order valence-corrected chi connectivity index (χ4v) is 1.99. The summed E-state index contributed by atoms with van der Waals surface area (Å²) in [6.45, 7) is -3.02. The molecule has 116 valence electrons. The van der Waals surface area contributed by atoms with Crippen molar-refractivity contribution in [2.45, 2.75) is 6.61 Å². The SMILES string of the molecule is COc1ccc(Cl)cc1NC(=O)c1ccccc1OC(F)F. The average Bonchev–Trinajstić information content (AvgIpc) is 2.47. The van der Waals surface area contributed by atoms with Crippen molar-refractivity contribution < 1.29 is 23.0 Å². The van der Waals surface area contributed by atoms with Gasteiger partial charge in [-0.2, -0.15) is 8.78 Å². The van der Waals surface area contributed by atoms with Gasteiger partial charge in [-0.05, 0) is 30.3 Å². The zero-order valence-electron chi connectivity index (χ0n) is 11.5. The minimum absolute atomic E-state index is 0.0233. The van der Waals surface area contributed by atoms with Crippen LogP contribution in [-0.2, 0) is 0 Å². The minimum atomic E-state index is -3.02. The van der Waals surface area contributed by atoms with E-state index < -0.39 is 12.5 Å². The maximum absolute atomic E-state index is 12.4. The number of methoxy groups -OCH3 is 1. The van der Waals surface area contributed by atoms with Crippen molar-refractivity contribution in [3.63, 3.8) is 0 Å². The highest BCUT2D eigenvalue weighted by Crippen LogP contribution is 2.29. The number of anilines is 1. The van der Waals surface area contributed by atoms with E-state index in [0.717, 1.165) is 0 Å². The lowest BCUT2D eigenvalue weighted by Crippen LogP contribution is -2.15. The van der Waals surface area contributed by atoms with Gasteiger partial charge in [0.1, 0.15) is 11.5 Å². The van der Waals surface area contributed by atoms with Crippen molar-refractivity contribution in [1.29, 1.82) is 0 Å². The Kier molecular flexibility index (Phi) is 5.16. The largest absolute Gasteiger partial charge is 0.495 e. The number of nitrogens with one attached hydrogen (secondary N) is 1. The van der Waals surface area contributed by atoms with Gasteiger partial charge in [0.2, 0.25) is 0 Å². The first-order chi connectivity index (χ1) is 10.5. The summed E-state index contributed by atoms with van der Waals surface area (Å²) in [5.74, 6) is -0.433. The first-order valence-electron chi connectivity index (χ1n) is 6.20. The Morgan fingerprint density at radius 3 is 2.59 bits per heavy atom. The summed E-state index contributed by atoms with van der Waals surface area (Å²) in [5, 5.41) is 2.96. The predicted octanol–water partition coefficient (Wildman–Crippen LogP) is 4.20. The third kappa shape index (κ3) is 3.85. The molecule has 0 aliphatic heterocycles. The van der Waals surface area contributed by atoms with E-state index in [1.54, 1.807) is 18.2 Å². The van der Waals surface area contributed by atoms with Crippen LogP contribution in [0.2, 0.25) is 5.02 Å². The van der Waals surface area contributed by atoms with Crippen LogP contribution in [-0.4, -0.2) is 19.6 Å². The van der Waals surface area contributed by atoms with Gasteiger partial charge >= 0.3 is 6.61 Å². The Morgan fingerprint density at radius 2 is 1.91 bits per heavy atom. The third-order valence-corrected chi connectivity index (χ3v) is 2.99. The Labute approximate surface area is 130 Å². The summed E-state index contributed by atoms with van der Waals surface area (Å²) in [7, 11) is 1.44. The summed E-state index contributed by atoms with van der Waals surface area (Å²) in [4.78, 5) is 12.3. The molecule has 22 heavy (non-hydrogen) atoms. The molecular weight excluding hydrogens is 316 g/mol. The second-order valence-electron chi connectivity index (χ2n) is 4.17. The zero-order valence-corrected chi connectivity index (χ0v) is 12.2. The van der Waals surface area contributed by atoms with Gasteiger partial charge in [-0.15, -0.1) is 0 Å². The molecule has 1 N–H and O–H groups in total. The van der Waals surface area contributed by atoms with Gasteiger partial charge in [-0.3, -0.25) is 4.79 Å². The molecule has 7 heteroatoms. The van der Waals surface area contributed by atoms with E-state index in [2.05, 4.69) is 10.1 Å². The van der Waals surface area contributed by atoms with E-state index in [9.17, 15) is 13.6 Å². The van der Waals surface area contributed by atoms with Gasteiger partial charge in [0, 0.05) is 5.02 Å². The number of carbonyl (C=O) groups is 1. The smallest absolute Gasteiger partial charge is 0.387 e. The lowest BCUT2D eigenvalue weighted by atomic mass is 10.2. The molecule has 0 atom stereocenters. The van der Waals surface area contributed by atoms with Crippen LogP contribution in [0.25, 0.3) is 0 Å². The fraction of sp³-hybridized carbons (Fsp3) is 0.133. The number of rotatable bonds is 5. The van der Waals surface area contributed by atoms with Crippen molar-refractivity contribution in [2.75, 3.05) is 12.4 Å². The molecule has 0 spiro atoms. The first-order valence-corrected chi connectivity index (χ1v) is 6.58. The van der Waals surface area contributed by atoms with Crippen LogP contribution in [0, 0.1) is 0 Å². The number of hydrogen-bond donors (Lipinski definition) is 1. The molecule has 2 aromatic rings. The molecule has 0 heterocycles. The van der Waals surface area contributed by atoms with Gasteiger partial charge in [0.15, 0.2) is 0 Å². The molecule has 0 aromatic heterocycles. The molecule has 0 fully saturated rings. The highest BCUT2D eigenvalue weighted by molar-refractivity contribution is 6.31. The van der Waals surface area contributed by atoms with E-state index in [0.29, 0.717) is 16.5 Å². The number of halogens is 3. The highest BCUT2D eigenvalue weighted by atomic mass is 35.5. The summed E-state index contributed by atoms with van der Waals surface area (Å²) in [6, 6.07) is 10.4. The van der Waals surface area contributed by atoms with Gasteiger partial charge in [0.05, 0.1) is 18.4 Å². The van der Waals surface area contributed by atoms with Gasteiger partial charge < -0.3 is 14.8 Å². The maximum atomic E-state index is 12.4. The quantitative estimate of drug-likeness (QED) is 0.895. The Bertz CT molecular complexity index is 680. The molecule has 2 aromatic carbocycles. The Morgan fingerprint density at radius 1 is 1.18 bits per heavy atom. The molecule has 0 aliphatic carbocycles. The molecule has 0 unspecified atom stereocenters. The predicted molar refractivity (Wildman–Crippen MR) is 79.0 cm³/mol. The summed E-state index contributed by atoms with van der Waals surface area (Å²) in [5.41, 5.74) is 0.302. The lowest BCUT2D eigenvalue weighted by Gasteiger charge is -2.13. The molecular formula is C15H12ClF2NO3. The zero-order chi connectivity index (χ0) is 16.1. The van der Waals surface area contributed by atoms with Crippen LogP contribution in [0.1, 0.15) is 10.4 Å². The third-order valence-electron chi connectivity index (χ3n) is 2.76. The van der Waals surface area contributed by atoms with E-state index in [4.69, 9.17) is 16.3 Å². The van der Waals surface area contributed by atoms with E-state index >= 15 is 0 Å². The Hall–Kier alpha value is -2.34. The number of amides is 1. The Balaban J connectivity index is 2.28. The molecule has 4 nitrogen and oxygen atoms in total. The van der Waals surface area contributed by atoms with Crippen molar-refractivity contribution in [2.24, 2.45) is 0 Å². The van der Waals surface area contributed by atoms with Crippen LogP contribution in [0.15, 0.2) is 42.5 Å². The summed E-state index contributed by atoms with van der Waals surface area (Å²) in [6.07, 6.45) is 0. The standard InChI is InChI=1S/C15H12ClF2NO3/c1-21-13-7-6-9(16)8-11(13)19-14(20)10-4-2-3-5-12(10)22-15(17)18/h2-8,15H,1H3,(H,19,20). The van der Waals surface area contributed by atoms with Crippen molar-refractivity contribution >= 4 is 23.2 Å². The van der Waals surface area contributed by atoms with Crippen LogP contribution in [0.5, 0.6) is 11.5 Å². The first kappa shape index (κ1) is 16.0. The highest BCUT2D eigenvalue weighted by Gasteiger charge is 2.17. The van der Waals surface area contributed by atoms with E-state index in [1.807, 2.05) is 0 Å². The molecule has 0 bridgehead atoms. The van der Waals surface area contributed by atoms with Crippen LogP contribution in [0.4, 0.5) is 14.5 Å². The number of carbonyl (C=O) groups excluding carboxylic acids is 1. The average molecular weight is 328 g/mol. The molecule has 0 saturated heterocycles. The van der Waals surface area contributed by atoms with E-state index in [-0.39, 0.29) is 11.3 Å². The second-order valence-corrected chi connectivity index (χ2v) is 4.61. The minimum Gasteiger partial charge on any atom is -0.495 e. The topological polar surface area (TPSA) is 47.6 Å². The summed E-state index contributed by atoms with van der Waals surface area (Å²) >= 11 is 5.87. The maximum Gasteiger partial charge on any atom is 0.387 e. The number of para-hydroxylation sites is 1. The van der Waals surface area contributed by atoms with Gasteiger partial charge in [0.25, 0.3) is 5.91 Å². The lowest BCUT2D eigenvalue weighted by molar-refractivity contribution is -0.0501. The van der Waals surface area contributed by atoms with Crippen LogP contribution >= 0.6 is 11.6 Å². The number of alkyl halides is 2. The second kappa shape index (κ2) is 7.09. The number of hydrogen-bond acceptors (Lipinski definition) is 3. The van der Waals surface area contributed by atoms with Crippen molar-refractivity contribution in [3.8, 4) is 11.5 Å². The van der Waals surface area contributed by atoms with Gasteiger partial charge in [-0.1, -0.05) is 23.7 Å². The normalized spacial score (nSPS) is 10.4. The molecule has 0 radical (unpaired) electrons.